The molecule has 0 radical (unpaired) electrons. The van der Waals surface area contributed by atoms with E-state index in [0.29, 0.717) is 6.10 Å². The Morgan fingerprint density at radius 3 is 2.89 bits per heavy atom. The van der Waals surface area contributed by atoms with E-state index in [2.05, 4.69) is 27.3 Å². The zero-order chi connectivity index (χ0) is 12.8. The van der Waals surface area contributed by atoms with Gasteiger partial charge in [0.2, 0.25) is 0 Å². The predicted octanol–water partition coefficient (Wildman–Crippen LogP) is 1.20. The Hall–Kier alpha value is -1.20. The fraction of sp³-hybridized carbons (Fsp3) is 0.692. The molecule has 0 amide bonds. The molecule has 1 saturated heterocycles. The van der Waals surface area contributed by atoms with E-state index in [9.17, 15) is 0 Å². The Morgan fingerprint density at radius 2 is 2.33 bits per heavy atom. The van der Waals surface area contributed by atoms with Crippen LogP contribution < -0.4 is 10.2 Å². The first-order valence-electron chi connectivity index (χ1n) is 6.67. The second kappa shape index (κ2) is 6.66. The Balaban J connectivity index is 1.97. The minimum Gasteiger partial charge on any atom is -0.376 e. The molecule has 5 nitrogen and oxygen atoms in total. The monoisotopic (exact) mass is 250 g/mol. The van der Waals surface area contributed by atoms with Crippen LogP contribution >= 0.6 is 0 Å². The van der Waals surface area contributed by atoms with Crippen molar-refractivity contribution in [1.29, 1.82) is 0 Å². The summed E-state index contributed by atoms with van der Waals surface area (Å²) in [6.07, 6.45) is 2.68. The topological polar surface area (TPSA) is 50.3 Å². The van der Waals surface area contributed by atoms with Crippen LogP contribution in [-0.4, -0.2) is 43.0 Å². The van der Waals surface area contributed by atoms with E-state index in [1.54, 1.807) is 0 Å². The van der Waals surface area contributed by atoms with Crippen molar-refractivity contribution in [2.24, 2.45) is 0 Å². The largest absolute Gasteiger partial charge is 0.376 e. The van der Waals surface area contributed by atoms with Gasteiger partial charge in [0.25, 0.3) is 0 Å². The second-order valence-corrected chi connectivity index (χ2v) is 4.59. The van der Waals surface area contributed by atoms with E-state index in [0.717, 1.165) is 44.2 Å². The highest BCUT2D eigenvalue weighted by Gasteiger charge is 2.19. The first-order chi connectivity index (χ1) is 8.83. The highest BCUT2D eigenvalue weighted by molar-refractivity contribution is 5.37. The molecule has 1 N–H and O–H groups in total. The Morgan fingerprint density at radius 1 is 1.44 bits per heavy atom. The number of likely N-dealkylation sites (N-methyl/N-ethyl adjacent to an activating group) is 1. The van der Waals surface area contributed by atoms with Gasteiger partial charge in [-0.25, -0.2) is 0 Å². The van der Waals surface area contributed by atoms with Gasteiger partial charge in [0.1, 0.15) is 0 Å². The molecule has 5 heteroatoms. The first-order valence-corrected chi connectivity index (χ1v) is 6.67. The van der Waals surface area contributed by atoms with Crippen LogP contribution in [-0.2, 0) is 11.3 Å². The van der Waals surface area contributed by atoms with E-state index < -0.39 is 0 Å². The molecule has 0 bridgehead atoms. The summed E-state index contributed by atoms with van der Waals surface area (Å²) in [5, 5.41) is 11.6. The third kappa shape index (κ3) is 3.40. The van der Waals surface area contributed by atoms with Crippen LogP contribution in [0.3, 0.4) is 0 Å². The Kier molecular flexibility index (Phi) is 4.90. The molecule has 0 aliphatic carbocycles. The van der Waals surface area contributed by atoms with Crippen LogP contribution in [0.15, 0.2) is 12.1 Å². The van der Waals surface area contributed by atoms with Gasteiger partial charge in [-0.2, -0.15) is 5.10 Å². The lowest BCUT2D eigenvalue weighted by molar-refractivity contribution is 0.115. The molecule has 1 aromatic heterocycles. The Bertz CT molecular complexity index is 349. The van der Waals surface area contributed by atoms with Gasteiger partial charge in [0.05, 0.1) is 11.8 Å². The number of hydrogen-bond acceptors (Lipinski definition) is 5. The summed E-state index contributed by atoms with van der Waals surface area (Å²) in [7, 11) is 1.91. The smallest absolute Gasteiger partial charge is 0.151 e. The molecule has 1 aliphatic heterocycles. The van der Waals surface area contributed by atoms with Crippen LogP contribution in [0.2, 0.25) is 0 Å². The quantitative estimate of drug-likeness (QED) is 0.822. The summed E-state index contributed by atoms with van der Waals surface area (Å²) >= 11 is 0. The molecule has 1 unspecified atom stereocenters. The molecule has 1 atom stereocenters. The number of aromatic nitrogens is 2. The van der Waals surface area contributed by atoms with Crippen molar-refractivity contribution in [3.8, 4) is 0 Å². The van der Waals surface area contributed by atoms with Crippen LogP contribution in [0.5, 0.6) is 0 Å². The number of anilines is 1. The number of ether oxygens (including phenoxy) is 1. The summed E-state index contributed by atoms with van der Waals surface area (Å²) in [4.78, 5) is 2.23. The standard InChI is InChI=1S/C13H22N4O/c1-3-17(10-12-5-4-8-18-12)13-7-6-11(9-14-2)15-16-13/h6-7,12,14H,3-5,8-10H2,1-2H3. The van der Waals surface area contributed by atoms with E-state index in [1.165, 1.54) is 6.42 Å². The zero-order valence-corrected chi connectivity index (χ0v) is 11.2. The number of hydrogen-bond donors (Lipinski definition) is 1. The van der Waals surface area contributed by atoms with Crippen LogP contribution in [0.4, 0.5) is 5.82 Å². The fourth-order valence-corrected chi connectivity index (χ4v) is 2.22. The molecule has 18 heavy (non-hydrogen) atoms. The van der Waals surface area contributed by atoms with Gasteiger partial charge in [0, 0.05) is 26.2 Å². The van der Waals surface area contributed by atoms with Gasteiger partial charge in [-0.05, 0) is 38.9 Å². The average molecular weight is 250 g/mol. The minimum atomic E-state index is 0.351. The van der Waals surface area contributed by atoms with Crippen molar-refractivity contribution in [1.82, 2.24) is 15.5 Å². The summed E-state index contributed by atoms with van der Waals surface area (Å²) in [5.41, 5.74) is 0.967. The number of rotatable bonds is 6. The molecule has 0 aromatic carbocycles. The van der Waals surface area contributed by atoms with Crippen molar-refractivity contribution < 1.29 is 4.74 Å². The molecular weight excluding hydrogens is 228 g/mol. The van der Waals surface area contributed by atoms with Crippen molar-refractivity contribution in [3.63, 3.8) is 0 Å². The third-order valence-corrected chi connectivity index (χ3v) is 3.22. The summed E-state index contributed by atoms with van der Waals surface area (Å²) < 4.78 is 5.67. The van der Waals surface area contributed by atoms with E-state index >= 15 is 0 Å². The van der Waals surface area contributed by atoms with E-state index in [-0.39, 0.29) is 0 Å². The molecule has 2 heterocycles. The third-order valence-electron chi connectivity index (χ3n) is 3.22. The molecule has 100 valence electrons. The van der Waals surface area contributed by atoms with Crippen molar-refractivity contribution in [3.05, 3.63) is 17.8 Å². The summed E-state index contributed by atoms with van der Waals surface area (Å²) in [5.74, 6) is 0.938. The summed E-state index contributed by atoms with van der Waals surface area (Å²) in [6, 6.07) is 4.06. The molecule has 0 saturated carbocycles. The molecule has 1 fully saturated rings. The lowest BCUT2D eigenvalue weighted by Gasteiger charge is -2.24. The number of nitrogens with zero attached hydrogens (tertiary/aromatic N) is 3. The highest BCUT2D eigenvalue weighted by atomic mass is 16.5. The lowest BCUT2D eigenvalue weighted by atomic mass is 10.2. The average Bonchev–Trinajstić information content (AvgIpc) is 2.90. The normalized spacial score (nSPS) is 19.1. The first kappa shape index (κ1) is 13.2. The van der Waals surface area contributed by atoms with Gasteiger partial charge in [-0.3, -0.25) is 0 Å². The van der Waals surface area contributed by atoms with Crippen molar-refractivity contribution in [2.45, 2.75) is 32.4 Å². The second-order valence-electron chi connectivity index (χ2n) is 4.59. The van der Waals surface area contributed by atoms with Crippen LogP contribution in [0.25, 0.3) is 0 Å². The van der Waals surface area contributed by atoms with Gasteiger partial charge in [0.15, 0.2) is 5.82 Å². The van der Waals surface area contributed by atoms with E-state index in [4.69, 9.17) is 4.74 Å². The molecule has 1 aliphatic rings. The predicted molar refractivity (Wildman–Crippen MR) is 71.7 cm³/mol. The van der Waals surface area contributed by atoms with Crippen molar-refractivity contribution in [2.75, 3.05) is 31.6 Å². The van der Waals surface area contributed by atoms with Crippen LogP contribution in [0, 0.1) is 0 Å². The van der Waals surface area contributed by atoms with Gasteiger partial charge < -0.3 is 15.0 Å². The minimum absolute atomic E-state index is 0.351. The van der Waals surface area contributed by atoms with Gasteiger partial charge in [-0.15, -0.1) is 5.10 Å². The zero-order valence-electron chi connectivity index (χ0n) is 11.2. The maximum atomic E-state index is 5.67. The maximum absolute atomic E-state index is 5.67. The fourth-order valence-electron chi connectivity index (χ4n) is 2.22. The van der Waals surface area contributed by atoms with Gasteiger partial charge >= 0.3 is 0 Å². The number of nitrogens with one attached hydrogen (secondary N) is 1. The lowest BCUT2D eigenvalue weighted by Crippen LogP contribution is -2.32. The highest BCUT2D eigenvalue weighted by Crippen LogP contribution is 2.17. The van der Waals surface area contributed by atoms with Crippen molar-refractivity contribution >= 4 is 5.82 Å². The summed E-state index contributed by atoms with van der Waals surface area (Å²) in [6.45, 7) is 5.63. The molecule has 2 rings (SSSR count). The maximum Gasteiger partial charge on any atom is 0.151 e. The van der Waals surface area contributed by atoms with E-state index in [1.807, 2.05) is 19.2 Å². The molecule has 1 aromatic rings. The van der Waals surface area contributed by atoms with Crippen LogP contribution in [0.1, 0.15) is 25.5 Å². The SMILES string of the molecule is CCN(CC1CCCO1)c1ccc(CNC)nn1. The molecular formula is C13H22N4O. The van der Waals surface area contributed by atoms with Gasteiger partial charge in [-0.1, -0.05) is 0 Å². The molecule has 0 spiro atoms. The Labute approximate surface area is 109 Å².